The number of carbonyl (C=O) groups excluding carboxylic acids is 1. The molecule has 1 aromatic carbocycles. The van der Waals surface area contributed by atoms with Crippen LogP contribution in [-0.4, -0.2) is 12.6 Å². The van der Waals surface area contributed by atoms with Crippen molar-refractivity contribution in [2.24, 2.45) is 0 Å². The van der Waals surface area contributed by atoms with Crippen LogP contribution in [-0.2, 0) is 4.74 Å². The van der Waals surface area contributed by atoms with Crippen molar-refractivity contribution in [1.29, 1.82) is 0 Å². The Labute approximate surface area is 103 Å². The Morgan fingerprint density at radius 2 is 2.20 bits per heavy atom. The standard InChI is InChI=1S/C11H12BrClO2/c1-2-3-4-15-11(14)8-5-9(12)7-10(13)6-8/h5-7H,2-4H2,1H3. The fourth-order valence-corrected chi connectivity index (χ4v) is 1.92. The molecule has 4 heteroatoms. The van der Waals surface area contributed by atoms with Crippen LogP contribution in [0.25, 0.3) is 0 Å². The zero-order chi connectivity index (χ0) is 11.3. The number of rotatable bonds is 4. The summed E-state index contributed by atoms with van der Waals surface area (Å²) in [5.41, 5.74) is 0.477. The van der Waals surface area contributed by atoms with E-state index >= 15 is 0 Å². The second kappa shape index (κ2) is 6.13. The monoisotopic (exact) mass is 290 g/mol. The van der Waals surface area contributed by atoms with Gasteiger partial charge < -0.3 is 4.74 Å². The minimum atomic E-state index is -0.327. The summed E-state index contributed by atoms with van der Waals surface area (Å²) in [4.78, 5) is 11.5. The first-order valence-electron chi connectivity index (χ1n) is 4.76. The van der Waals surface area contributed by atoms with Gasteiger partial charge in [-0.05, 0) is 24.6 Å². The molecule has 0 amide bonds. The van der Waals surface area contributed by atoms with Crippen LogP contribution < -0.4 is 0 Å². The van der Waals surface area contributed by atoms with Gasteiger partial charge in [-0.2, -0.15) is 0 Å². The summed E-state index contributed by atoms with van der Waals surface area (Å²) in [6, 6.07) is 5.02. The molecule has 0 atom stereocenters. The molecule has 0 radical (unpaired) electrons. The lowest BCUT2D eigenvalue weighted by atomic mass is 10.2. The minimum absolute atomic E-state index is 0.327. The fraction of sp³-hybridized carbons (Fsp3) is 0.364. The summed E-state index contributed by atoms with van der Waals surface area (Å²) >= 11 is 9.09. The normalized spacial score (nSPS) is 10.1. The number of hydrogen-bond donors (Lipinski definition) is 0. The molecule has 0 spiro atoms. The SMILES string of the molecule is CCCCOC(=O)c1cc(Cl)cc(Br)c1. The third-order valence-corrected chi connectivity index (χ3v) is 2.51. The van der Waals surface area contributed by atoms with E-state index < -0.39 is 0 Å². The molecule has 0 aliphatic carbocycles. The summed E-state index contributed by atoms with van der Waals surface area (Å²) in [5.74, 6) is -0.327. The third kappa shape index (κ3) is 4.22. The van der Waals surface area contributed by atoms with E-state index in [1.807, 2.05) is 6.92 Å². The van der Waals surface area contributed by atoms with Gasteiger partial charge in [-0.1, -0.05) is 40.9 Å². The van der Waals surface area contributed by atoms with E-state index in [1.165, 1.54) is 0 Å². The maximum Gasteiger partial charge on any atom is 0.338 e. The molecule has 15 heavy (non-hydrogen) atoms. The fourth-order valence-electron chi connectivity index (χ4n) is 1.06. The Morgan fingerprint density at radius 3 is 2.80 bits per heavy atom. The van der Waals surface area contributed by atoms with E-state index in [9.17, 15) is 4.79 Å². The van der Waals surface area contributed by atoms with E-state index in [0.717, 1.165) is 17.3 Å². The first-order chi connectivity index (χ1) is 7.13. The lowest BCUT2D eigenvalue weighted by molar-refractivity contribution is 0.0499. The number of hydrogen-bond acceptors (Lipinski definition) is 2. The second-order valence-corrected chi connectivity index (χ2v) is 4.50. The van der Waals surface area contributed by atoms with Crippen LogP contribution in [0.15, 0.2) is 22.7 Å². The topological polar surface area (TPSA) is 26.3 Å². The molecule has 0 N–H and O–H groups in total. The molecule has 0 aliphatic heterocycles. The molecule has 1 aromatic rings. The molecule has 2 nitrogen and oxygen atoms in total. The van der Waals surface area contributed by atoms with Gasteiger partial charge in [-0.3, -0.25) is 0 Å². The number of halogens is 2. The number of benzene rings is 1. The summed E-state index contributed by atoms with van der Waals surface area (Å²) < 4.78 is 5.84. The van der Waals surface area contributed by atoms with Gasteiger partial charge >= 0.3 is 5.97 Å². The lowest BCUT2D eigenvalue weighted by Crippen LogP contribution is -2.06. The maximum atomic E-state index is 11.5. The van der Waals surface area contributed by atoms with Crippen molar-refractivity contribution >= 4 is 33.5 Å². The first kappa shape index (κ1) is 12.5. The smallest absolute Gasteiger partial charge is 0.338 e. The number of esters is 1. The van der Waals surface area contributed by atoms with Crippen LogP contribution in [0.3, 0.4) is 0 Å². The highest BCUT2D eigenvalue weighted by Gasteiger charge is 2.08. The molecule has 0 bridgehead atoms. The van der Waals surface area contributed by atoms with Crippen molar-refractivity contribution in [3.8, 4) is 0 Å². The number of unbranched alkanes of at least 4 members (excludes halogenated alkanes) is 1. The summed E-state index contributed by atoms with van der Waals surface area (Å²) in [6.07, 6.45) is 1.89. The molecular formula is C11H12BrClO2. The molecule has 1 rings (SSSR count). The molecule has 0 fully saturated rings. The van der Waals surface area contributed by atoms with E-state index in [4.69, 9.17) is 16.3 Å². The highest BCUT2D eigenvalue weighted by Crippen LogP contribution is 2.20. The van der Waals surface area contributed by atoms with Crippen molar-refractivity contribution < 1.29 is 9.53 Å². The van der Waals surface area contributed by atoms with Gasteiger partial charge in [0.15, 0.2) is 0 Å². The number of ether oxygens (including phenoxy) is 1. The summed E-state index contributed by atoms with van der Waals surface area (Å²) in [7, 11) is 0. The summed E-state index contributed by atoms with van der Waals surface area (Å²) in [6.45, 7) is 2.50. The van der Waals surface area contributed by atoms with Gasteiger partial charge in [-0.15, -0.1) is 0 Å². The average molecular weight is 292 g/mol. The molecule has 0 aromatic heterocycles. The molecule has 0 saturated heterocycles. The van der Waals surface area contributed by atoms with Gasteiger partial charge in [0.05, 0.1) is 12.2 Å². The van der Waals surface area contributed by atoms with Gasteiger partial charge in [0.25, 0.3) is 0 Å². The molecular weight excluding hydrogens is 279 g/mol. The largest absolute Gasteiger partial charge is 0.462 e. The van der Waals surface area contributed by atoms with Gasteiger partial charge in [-0.25, -0.2) is 4.79 Å². The van der Waals surface area contributed by atoms with E-state index in [2.05, 4.69) is 15.9 Å². The average Bonchev–Trinajstić information content (AvgIpc) is 2.16. The molecule has 0 saturated carbocycles. The van der Waals surface area contributed by atoms with Crippen LogP contribution in [0.4, 0.5) is 0 Å². The van der Waals surface area contributed by atoms with Crippen LogP contribution in [0.2, 0.25) is 5.02 Å². The van der Waals surface area contributed by atoms with Crippen LogP contribution in [0, 0.1) is 0 Å². The van der Waals surface area contributed by atoms with E-state index in [-0.39, 0.29) is 5.97 Å². The first-order valence-corrected chi connectivity index (χ1v) is 5.94. The van der Waals surface area contributed by atoms with Gasteiger partial charge in [0, 0.05) is 9.50 Å². The van der Waals surface area contributed by atoms with Crippen molar-refractivity contribution in [3.63, 3.8) is 0 Å². The highest BCUT2D eigenvalue weighted by molar-refractivity contribution is 9.10. The van der Waals surface area contributed by atoms with Crippen molar-refractivity contribution in [3.05, 3.63) is 33.3 Å². The maximum absolute atomic E-state index is 11.5. The van der Waals surface area contributed by atoms with Crippen molar-refractivity contribution in [2.45, 2.75) is 19.8 Å². The zero-order valence-electron chi connectivity index (χ0n) is 8.43. The van der Waals surface area contributed by atoms with Crippen LogP contribution >= 0.6 is 27.5 Å². The Kier molecular flexibility index (Phi) is 5.12. The predicted octanol–water partition coefficient (Wildman–Crippen LogP) is 4.06. The Balaban J connectivity index is 2.65. The molecule has 0 aliphatic rings. The minimum Gasteiger partial charge on any atom is -0.462 e. The second-order valence-electron chi connectivity index (χ2n) is 3.15. The Morgan fingerprint density at radius 1 is 1.47 bits per heavy atom. The molecule has 82 valence electrons. The predicted molar refractivity (Wildman–Crippen MR) is 64.3 cm³/mol. The number of carbonyl (C=O) groups is 1. The van der Waals surface area contributed by atoms with Crippen LogP contribution in [0.1, 0.15) is 30.1 Å². The molecule has 0 heterocycles. The lowest BCUT2D eigenvalue weighted by Gasteiger charge is -2.04. The third-order valence-electron chi connectivity index (χ3n) is 1.83. The van der Waals surface area contributed by atoms with Crippen LogP contribution in [0.5, 0.6) is 0 Å². The Bertz CT molecular complexity index is 332. The quantitative estimate of drug-likeness (QED) is 0.618. The Hall–Kier alpha value is -0.540. The molecule has 0 unspecified atom stereocenters. The van der Waals surface area contributed by atoms with Gasteiger partial charge in [0.1, 0.15) is 0 Å². The summed E-state index contributed by atoms with van der Waals surface area (Å²) in [5, 5.41) is 0.520. The van der Waals surface area contributed by atoms with Crippen molar-refractivity contribution in [1.82, 2.24) is 0 Å². The highest BCUT2D eigenvalue weighted by atomic mass is 79.9. The van der Waals surface area contributed by atoms with Crippen molar-refractivity contribution in [2.75, 3.05) is 6.61 Å². The zero-order valence-corrected chi connectivity index (χ0v) is 10.8. The van der Waals surface area contributed by atoms with E-state index in [1.54, 1.807) is 18.2 Å². The van der Waals surface area contributed by atoms with E-state index in [0.29, 0.717) is 17.2 Å². The van der Waals surface area contributed by atoms with Gasteiger partial charge in [0.2, 0.25) is 0 Å².